The molecule has 7 atom stereocenters. The topological polar surface area (TPSA) is 86.6 Å². The van der Waals surface area contributed by atoms with Crippen LogP contribution >= 0.6 is 0 Å². The quantitative estimate of drug-likeness (QED) is 0.612. The Balaban J connectivity index is 1.92. The summed E-state index contributed by atoms with van der Waals surface area (Å²) in [7, 11) is 3.02. The van der Waals surface area contributed by atoms with Gasteiger partial charge in [-0.1, -0.05) is 0 Å². The SMILES string of the molecule is CO[C@]1(C)O[C@@H]2[C@@H](O[C@@]1(C)OC)[C@H](O)[C@@H](CO)O[C@H]2[Se]c1ccccc1. The van der Waals surface area contributed by atoms with Crippen molar-refractivity contribution in [1.29, 1.82) is 0 Å². The number of ether oxygens (including phenoxy) is 5. The van der Waals surface area contributed by atoms with Gasteiger partial charge in [-0.3, -0.25) is 0 Å². The number of hydrogen-bond donors (Lipinski definition) is 2. The molecule has 2 N–H and O–H groups in total. The number of hydrogen-bond acceptors (Lipinski definition) is 7. The molecule has 0 spiro atoms. The fraction of sp³-hybridized carbons (Fsp3) is 0.667. The molecule has 0 bridgehead atoms. The van der Waals surface area contributed by atoms with E-state index in [2.05, 4.69) is 0 Å². The predicted molar refractivity (Wildman–Crippen MR) is 94.2 cm³/mol. The van der Waals surface area contributed by atoms with Gasteiger partial charge in [0.15, 0.2) is 0 Å². The van der Waals surface area contributed by atoms with Crippen LogP contribution in [0.25, 0.3) is 0 Å². The second kappa shape index (κ2) is 7.83. The van der Waals surface area contributed by atoms with Gasteiger partial charge in [0, 0.05) is 0 Å². The molecule has 2 aliphatic heterocycles. The summed E-state index contributed by atoms with van der Waals surface area (Å²) in [6.07, 6.45) is -3.04. The zero-order valence-electron chi connectivity index (χ0n) is 15.3. The van der Waals surface area contributed by atoms with E-state index in [0.717, 1.165) is 4.46 Å². The molecule has 7 nitrogen and oxygen atoms in total. The fourth-order valence-electron chi connectivity index (χ4n) is 3.23. The Hall–Kier alpha value is -0.541. The standard InChI is InChI=1S/C18H26O7Se/c1-17(21-3)18(2,22-4)25-15-14(24-17)13(20)12(10-19)23-16(15)26-11-8-6-5-7-9-11/h5-9,12-16,19-20H,10H2,1-4H3/t12-,13-,14+,15-,16+,17-,18-/m1/s1. The van der Waals surface area contributed by atoms with Gasteiger partial charge in [-0.25, -0.2) is 0 Å². The van der Waals surface area contributed by atoms with E-state index in [1.807, 2.05) is 30.3 Å². The van der Waals surface area contributed by atoms with Crippen LogP contribution in [0.5, 0.6) is 0 Å². The Bertz CT molecular complexity index is 602. The van der Waals surface area contributed by atoms with Crippen molar-refractivity contribution in [2.24, 2.45) is 0 Å². The number of fused-ring (bicyclic) bond motifs is 1. The summed E-state index contributed by atoms with van der Waals surface area (Å²) in [6, 6.07) is 9.94. The Morgan fingerprint density at radius 2 is 1.62 bits per heavy atom. The van der Waals surface area contributed by atoms with E-state index < -0.39 is 36.0 Å². The number of aliphatic hydroxyl groups is 2. The monoisotopic (exact) mass is 434 g/mol. The number of benzene rings is 1. The van der Waals surface area contributed by atoms with Crippen LogP contribution in [0, 0.1) is 0 Å². The van der Waals surface area contributed by atoms with Crippen molar-refractivity contribution in [2.75, 3.05) is 20.8 Å². The molecular weight excluding hydrogens is 407 g/mol. The van der Waals surface area contributed by atoms with Crippen molar-refractivity contribution in [2.45, 2.75) is 54.8 Å². The van der Waals surface area contributed by atoms with Crippen LogP contribution < -0.4 is 4.46 Å². The van der Waals surface area contributed by atoms with E-state index in [4.69, 9.17) is 23.7 Å². The van der Waals surface area contributed by atoms with Gasteiger partial charge in [-0.15, -0.1) is 0 Å². The molecule has 1 aromatic rings. The van der Waals surface area contributed by atoms with Crippen LogP contribution in [0.4, 0.5) is 0 Å². The summed E-state index contributed by atoms with van der Waals surface area (Å²) in [4.78, 5) is 0. The van der Waals surface area contributed by atoms with Crippen LogP contribution in [-0.4, -0.2) is 87.0 Å². The first-order chi connectivity index (χ1) is 12.4. The molecule has 2 aliphatic rings. The molecule has 146 valence electrons. The first kappa shape index (κ1) is 20.2. The molecule has 1 aromatic carbocycles. The van der Waals surface area contributed by atoms with Crippen molar-refractivity contribution in [3.05, 3.63) is 30.3 Å². The minimum atomic E-state index is -1.22. The van der Waals surface area contributed by atoms with Gasteiger partial charge in [0.1, 0.15) is 0 Å². The molecule has 2 saturated heterocycles. The van der Waals surface area contributed by atoms with Crippen molar-refractivity contribution >= 4 is 19.4 Å². The molecule has 0 aromatic heterocycles. The molecule has 2 heterocycles. The molecule has 0 aliphatic carbocycles. The van der Waals surface area contributed by atoms with Crippen molar-refractivity contribution < 1.29 is 33.9 Å². The summed E-state index contributed by atoms with van der Waals surface area (Å²) in [5.74, 6) is -2.39. The van der Waals surface area contributed by atoms with Crippen LogP contribution in [0.1, 0.15) is 13.8 Å². The second-order valence-electron chi connectivity index (χ2n) is 6.61. The van der Waals surface area contributed by atoms with Gasteiger partial charge in [-0.2, -0.15) is 0 Å². The molecule has 2 fully saturated rings. The Morgan fingerprint density at radius 3 is 2.15 bits per heavy atom. The average Bonchev–Trinajstić information content (AvgIpc) is 2.66. The van der Waals surface area contributed by atoms with Gasteiger partial charge in [0.05, 0.1) is 0 Å². The number of aliphatic hydroxyl groups excluding tert-OH is 2. The summed E-state index contributed by atoms with van der Waals surface area (Å²) in [6.45, 7) is 3.14. The first-order valence-corrected chi connectivity index (χ1v) is 10.3. The maximum absolute atomic E-state index is 10.6. The van der Waals surface area contributed by atoms with Crippen molar-refractivity contribution in [1.82, 2.24) is 0 Å². The summed E-state index contributed by atoms with van der Waals surface area (Å²) in [5, 5.41) is 19.9. The normalized spacial score (nSPS) is 43.1. The molecule has 26 heavy (non-hydrogen) atoms. The molecule has 0 unspecified atom stereocenters. The molecule has 0 radical (unpaired) electrons. The van der Waals surface area contributed by atoms with E-state index in [1.54, 1.807) is 13.8 Å². The van der Waals surface area contributed by atoms with Gasteiger partial charge in [0.25, 0.3) is 0 Å². The van der Waals surface area contributed by atoms with E-state index in [0.29, 0.717) is 0 Å². The van der Waals surface area contributed by atoms with E-state index >= 15 is 0 Å². The summed E-state index contributed by atoms with van der Waals surface area (Å²) < 4.78 is 30.6. The minimum absolute atomic E-state index is 0.115. The third kappa shape index (κ3) is 3.46. The average molecular weight is 433 g/mol. The summed E-state index contributed by atoms with van der Waals surface area (Å²) in [5.41, 5.74) is 0. The van der Waals surface area contributed by atoms with Crippen LogP contribution in [0.15, 0.2) is 30.3 Å². The molecular formula is C18H26O7Se. The Kier molecular flexibility index (Phi) is 6.08. The second-order valence-corrected chi connectivity index (χ2v) is 9.07. The Morgan fingerprint density at radius 1 is 1.04 bits per heavy atom. The van der Waals surface area contributed by atoms with E-state index in [-0.39, 0.29) is 26.6 Å². The third-order valence-corrected chi connectivity index (χ3v) is 7.55. The van der Waals surface area contributed by atoms with Crippen LogP contribution in [-0.2, 0) is 23.7 Å². The molecule has 0 saturated carbocycles. The van der Waals surface area contributed by atoms with Gasteiger partial charge < -0.3 is 0 Å². The van der Waals surface area contributed by atoms with Gasteiger partial charge in [-0.05, 0) is 0 Å². The predicted octanol–water partition coefficient (Wildman–Crippen LogP) is -0.397. The zero-order chi connectivity index (χ0) is 18.9. The zero-order valence-corrected chi connectivity index (χ0v) is 17.0. The number of rotatable bonds is 5. The van der Waals surface area contributed by atoms with Gasteiger partial charge >= 0.3 is 159 Å². The maximum atomic E-state index is 10.6. The first-order valence-electron chi connectivity index (χ1n) is 8.49. The van der Waals surface area contributed by atoms with Crippen LogP contribution in [0.2, 0.25) is 0 Å². The Labute approximate surface area is 159 Å². The van der Waals surface area contributed by atoms with E-state index in [1.165, 1.54) is 14.2 Å². The van der Waals surface area contributed by atoms with Crippen molar-refractivity contribution in [3.63, 3.8) is 0 Å². The molecule has 3 rings (SSSR count). The number of methoxy groups -OCH3 is 2. The molecule has 0 amide bonds. The molecule has 8 heteroatoms. The summed E-state index contributed by atoms with van der Waals surface area (Å²) >= 11 is -0.115. The van der Waals surface area contributed by atoms with E-state index in [9.17, 15) is 10.2 Å². The van der Waals surface area contributed by atoms with Crippen LogP contribution in [0.3, 0.4) is 0 Å². The fourth-order valence-corrected chi connectivity index (χ4v) is 5.59. The third-order valence-electron chi connectivity index (χ3n) is 5.12. The van der Waals surface area contributed by atoms with Gasteiger partial charge in [0.2, 0.25) is 0 Å². The van der Waals surface area contributed by atoms with Crippen molar-refractivity contribution in [3.8, 4) is 0 Å².